The van der Waals surface area contributed by atoms with Gasteiger partial charge in [-0.15, -0.1) is 0 Å². The van der Waals surface area contributed by atoms with Crippen molar-refractivity contribution in [2.24, 2.45) is 0 Å². The third-order valence-electron chi connectivity index (χ3n) is 4.24. The second-order valence-corrected chi connectivity index (χ2v) is 10.4. The number of nitrogens with zero attached hydrogens (tertiary/aromatic N) is 2. The molecular weight excluding hydrogens is 441 g/mol. The van der Waals surface area contributed by atoms with E-state index < -0.39 is 25.9 Å². The molecule has 1 N–H and O–H groups in total. The topological polar surface area (TPSA) is 86.8 Å². The van der Waals surface area contributed by atoms with Gasteiger partial charge in [0, 0.05) is 27.2 Å². The van der Waals surface area contributed by atoms with E-state index in [0.717, 1.165) is 18.2 Å². The van der Waals surface area contributed by atoms with Gasteiger partial charge in [-0.25, -0.2) is 21.2 Å². The smallest absolute Gasteiger partial charge is 0.262 e. The predicted octanol–water partition coefficient (Wildman–Crippen LogP) is 3.38. The number of hydrogen-bond acceptors (Lipinski definition) is 5. The quantitative estimate of drug-likeness (QED) is 0.648. The fourth-order valence-corrected chi connectivity index (χ4v) is 5.53. The summed E-state index contributed by atoms with van der Waals surface area (Å²) >= 11 is 5.70. The molecule has 0 aromatic heterocycles. The lowest BCUT2D eigenvalue weighted by molar-refractivity contribution is 0.445. The van der Waals surface area contributed by atoms with E-state index in [0.29, 0.717) is 5.69 Å². The number of rotatable bonds is 8. The molecule has 0 fully saturated rings. The van der Waals surface area contributed by atoms with E-state index in [9.17, 15) is 21.2 Å². The Kier molecular flexibility index (Phi) is 7.15. The fraction of sp³-hybridized carbons (Fsp3) is 0.333. The van der Waals surface area contributed by atoms with Crippen molar-refractivity contribution in [3.8, 4) is 0 Å². The number of sulfonamides is 2. The molecule has 0 spiro atoms. The largest absolute Gasteiger partial charge is 0.376 e. The second-order valence-electron chi connectivity index (χ2n) is 6.34. The molecule has 2 aromatic rings. The maximum Gasteiger partial charge on any atom is 0.262 e. The molecule has 0 bridgehead atoms. The summed E-state index contributed by atoms with van der Waals surface area (Å²) in [5.74, 6) is -0.744. The monoisotopic (exact) mass is 463 g/mol. The number of nitrogens with one attached hydrogen (secondary N) is 1. The van der Waals surface area contributed by atoms with Crippen LogP contribution in [0.5, 0.6) is 0 Å². The fourth-order valence-electron chi connectivity index (χ4n) is 2.71. The summed E-state index contributed by atoms with van der Waals surface area (Å²) < 4.78 is 68.2. The predicted molar refractivity (Wildman–Crippen MR) is 113 cm³/mol. The highest BCUT2D eigenvalue weighted by Gasteiger charge is 2.25. The van der Waals surface area contributed by atoms with Crippen molar-refractivity contribution in [1.29, 1.82) is 0 Å². The van der Waals surface area contributed by atoms with Gasteiger partial charge in [-0.3, -0.25) is 4.72 Å². The van der Waals surface area contributed by atoms with E-state index in [-0.39, 0.29) is 33.6 Å². The van der Waals surface area contributed by atoms with Crippen molar-refractivity contribution >= 4 is 43.0 Å². The molecule has 0 aliphatic carbocycles. The van der Waals surface area contributed by atoms with Crippen LogP contribution in [0.3, 0.4) is 0 Å². The Morgan fingerprint density at radius 2 is 1.55 bits per heavy atom. The van der Waals surface area contributed by atoms with Gasteiger partial charge in [0.25, 0.3) is 10.0 Å². The number of halogens is 2. The van der Waals surface area contributed by atoms with Crippen LogP contribution in [0.1, 0.15) is 13.8 Å². The Morgan fingerprint density at radius 3 is 2.07 bits per heavy atom. The van der Waals surface area contributed by atoms with Gasteiger partial charge in [-0.1, -0.05) is 25.4 Å². The van der Waals surface area contributed by atoms with Crippen molar-refractivity contribution in [1.82, 2.24) is 4.31 Å². The zero-order valence-corrected chi connectivity index (χ0v) is 18.9. The van der Waals surface area contributed by atoms with Crippen LogP contribution in [0.25, 0.3) is 0 Å². The van der Waals surface area contributed by atoms with Crippen LogP contribution >= 0.6 is 11.6 Å². The lowest BCUT2D eigenvalue weighted by Crippen LogP contribution is -2.30. The Bertz CT molecular complexity index is 1100. The van der Waals surface area contributed by atoms with E-state index >= 15 is 0 Å². The van der Waals surface area contributed by atoms with Crippen LogP contribution < -0.4 is 9.62 Å². The van der Waals surface area contributed by atoms with Gasteiger partial charge < -0.3 is 4.90 Å². The highest BCUT2D eigenvalue weighted by Crippen LogP contribution is 2.31. The molecule has 0 radical (unpaired) electrons. The van der Waals surface area contributed by atoms with Gasteiger partial charge in [0.1, 0.15) is 5.82 Å². The van der Waals surface area contributed by atoms with Gasteiger partial charge in [0.2, 0.25) is 10.0 Å². The lowest BCUT2D eigenvalue weighted by Gasteiger charge is -2.22. The van der Waals surface area contributed by atoms with Gasteiger partial charge in [-0.05, 0) is 36.4 Å². The molecule has 11 heteroatoms. The SMILES string of the molecule is CCN(CC)S(=O)(=O)c1ccc(N(C)C)c(NS(=O)(=O)c2ccc(F)c(Cl)c2)c1. The molecule has 7 nitrogen and oxygen atoms in total. The first-order valence-electron chi connectivity index (χ1n) is 8.73. The van der Waals surface area contributed by atoms with Crippen LogP contribution in [0.15, 0.2) is 46.2 Å². The standard InChI is InChI=1S/C18H23ClFN3O4S2/c1-5-23(6-2)29(26,27)14-8-10-18(22(3)4)17(12-14)21-28(24,25)13-7-9-16(20)15(19)11-13/h7-12,21H,5-6H2,1-4H3. The van der Waals surface area contributed by atoms with Crippen molar-refractivity contribution in [3.05, 3.63) is 47.2 Å². The molecule has 2 rings (SSSR count). The first kappa shape index (κ1) is 23.4. The lowest BCUT2D eigenvalue weighted by atomic mass is 10.2. The highest BCUT2D eigenvalue weighted by atomic mass is 35.5. The average molecular weight is 464 g/mol. The molecule has 0 heterocycles. The molecule has 0 saturated carbocycles. The van der Waals surface area contributed by atoms with Crippen molar-refractivity contribution in [2.75, 3.05) is 36.8 Å². The Morgan fingerprint density at radius 1 is 0.966 bits per heavy atom. The van der Waals surface area contributed by atoms with Crippen LogP contribution in [0.2, 0.25) is 5.02 Å². The summed E-state index contributed by atoms with van der Waals surface area (Å²) in [6, 6.07) is 7.23. The number of benzene rings is 2. The number of hydrogen-bond donors (Lipinski definition) is 1. The summed E-state index contributed by atoms with van der Waals surface area (Å²) in [6.45, 7) is 4.00. The van der Waals surface area contributed by atoms with Crippen LogP contribution in [0, 0.1) is 5.82 Å². The highest BCUT2D eigenvalue weighted by molar-refractivity contribution is 7.92. The minimum atomic E-state index is -4.14. The van der Waals surface area contributed by atoms with E-state index in [1.54, 1.807) is 32.8 Å². The molecule has 0 saturated heterocycles. The van der Waals surface area contributed by atoms with Crippen LogP contribution in [0.4, 0.5) is 15.8 Å². The summed E-state index contributed by atoms with van der Waals surface area (Å²) in [5, 5.41) is -0.335. The molecule has 2 aromatic carbocycles. The van der Waals surface area contributed by atoms with Crippen LogP contribution in [-0.2, 0) is 20.0 Å². The van der Waals surface area contributed by atoms with E-state index in [2.05, 4.69) is 4.72 Å². The Hall–Kier alpha value is -1.88. The third kappa shape index (κ3) is 5.00. The molecule has 0 atom stereocenters. The minimum absolute atomic E-state index is 0.0401. The Labute approximate surface area is 176 Å². The van der Waals surface area contributed by atoms with Gasteiger partial charge in [0.05, 0.1) is 26.2 Å². The average Bonchev–Trinajstić information content (AvgIpc) is 2.64. The van der Waals surface area contributed by atoms with Crippen LogP contribution in [-0.4, -0.2) is 48.3 Å². The molecule has 0 amide bonds. The summed E-state index contributed by atoms with van der Waals surface area (Å²) in [5.41, 5.74) is 0.531. The number of anilines is 2. The molecule has 160 valence electrons. The third-order valence-corrected chi connectivity index (χ3v) is 7.94. The summed E-state index contributed by atoms with van der Waals surface area (Å²) in [6.07, 6.45) is 0. The minimum Gasteiger partial charge on any atom is -0.376 e. The van der Waals surface area contributed by atoms with Crippen molar-refractivity contribution in [2.45, 2.75) is 23.6 Å². The second kappa shape index (κ2) is 8.86. The summed E-state index contributed by atoms with van der Waals surface area (Å²) in [4.78, 5) is 1.36. The van der Waals surface area contributed by atoms with E-state index in [4.69, 9.17) is 11.6 Å². The Balaban J connectivity index is 2.56. The first-order valence-corrected chi connectivity index (χ1v) is 12.0. The molecule has 0 unspecified atom stereocenters. The van der Waals surface area contributed by atoms with Gasteiger partial charge in [0.15, 0.2) is 0 Å². The normalized spacial score (nSPS) is 12.2. The van der Waals surface area contributed by atoms with Crippen molar-refractivity contribution in [3.63, 3.8) is 0 Å². The van der Waals surface area contributed by atoms with E-state index in [1.807, 2.05) is 0 Å². The molecule has 0 aliphatic heterocycles. The van der Waals surface area contributed by atoms with Gasteiger partial charge >= 0.3 is 0 Å². The maximum atomic E-state index is 13.4. The zero-order valence-electron chi connectivity index (χ0n) is 16.5. The first-order chi connectivity index (χ1) is 13.4. The molecular formula is C18H23ClFN3O4S2. The molecule has 29 heavy (non-hydrogen) atoms. The zero-order chi connectivity index (χ0) is 22.0. The van der Waals surface area contributed by atoms with Gasteiger partial charge in [-0.2, -0.15) is 4.31 Å². The summed E-state index contributed by atoms with van der Waals surface area (Å²) in [7, 11) is -4.54. The van der Waals surface area contributed by atoms with E-state index in [1.165, 1.54) is 22.5 Å². The maximum absolute atomic E-state index is 13.4. The van der Waals surface area contributed by atoms with Crippen molar-refractivity contribution < 1.29 is 21.2 Å². The molecule has 0 aliphatic rings.